The van der Waals surface area contributed by atoms with Crippen molar-refractivity contribution in [3.8, 4) is 0 Å². The maximum absolute atomic E-state index is 6.12. The van der Waals surface area contributed by atoms with Crippen molar-refractivity contribution in [1.82, 2.24) is 0 Å². The highest BCUT2D eigenvalue weighted by Gasteiger charge is 2.24. The molecular weight excluding hydrogens is 172 g/mol. The Kier molecular flexibility index (Phi) is 2.73. The summed E-state index contributed by atoms with van der Waals surface area (Å²) in [5.74, 6) is 0.477. The van der Waals surface area contributed by atoms with Crippen LogP contribution in [0, 0.1) is 0 Å². The second-order valence-electron chi connectivity index (χ2n) is 4.18. The van der Waals surface area contributed by atoms with Crippen LogP contribution in [0.4, 0.5) is 5.69 Å². The van der Waals surface area contributed by atoms with Crippen LogP contribution in [0.2, 0.25) is 0 Å². The summed E-state index contributed by atoms with van der Waals surface area (Å²) in [6.07, 6.45) is 4.88. The van der Waals surface area contributed by atoms with Gasteiger partial charge in [0.2, 0.25) is 0 Å². The molecule has 0 heterocycles. The van der Waals surface area contributed by atoms with E-state index in [1.807, 2.05) is 18.2 Å². The van der Waals surface area contributed by atoms with E-state index in [0.29, 0.717) is 12.0 Å². The van der Waals surface area contributed by atoms with Gasteiger partial charge in [0.05, 0.1) is 0 Å². The van der Waals surface area contributed by atoms with E-state index in [2.05, 4.69) is 6.07 Å². The van der Waals surface area contributed by atoms with E-state index in [4.69, 9.17) is 11.5 Å². The molecule has 0 amide bonds. The van der Waals surface area contributed by atoms with Gasteiger partial charge in [-0.1, -0.05) is 31.0 Å². The molecule has 1 aliphatic rings. The summed E-state index contributed by atoms with van der Waals surface area (Å²) in [5.41, 5.74) is 14.2. The molecule has 2 nitrogen and oxygen atoms in total. The lowest BCUT2D eigenvalue weighted by atomic mass is 9.80. The topological polar surface area (TPSA) is 52.0 Å². The van der Waals surface area contributed by atoms with Gasteiger partial charge < -0.3 is 11.5 Å². The fraction of sp³-hybridized carbons (Fsp3) is 0.500. The van der Waals surface area contributed by atoms with Gasteiger partial charge in [0.25, 0.3) is 0 Å². The highest BCUT2D eigenvalue weighted by molar-refractivity contribution is 5.49. The van der Waals surface area contributed by atoms with Gasteiger partial charge in [-0.2, -0.15) is 0 Å². The van der Waals surface area contributed by atoms with E-state index in [9.17, 15) is 0 Å². The predicted octanol–water partition coefficient (Wildman–Crippen LogP) is 2.25. The van der Waals surface area contributed by atoms with E-state index >= 15 is 0 Å². The molecular formula is C12H18N2. The fourth-order valence-corrected chi connectivity index (χ4v) is 2.39. The minimum absolute atomic E-state index is 0.299. The smallest absolute Gasteiger partial charge is 0.0350 e. The maximum Gasteiger partial charge on any atom is 0.0350 e. The van der Waals surface area contributed by atoms with Crippen LogP contribution in [0.15, 0.2) is 24.3 Å². The van der Waals surface area contributed by atoms with Crippen LogP contribution in [0.3, 0.4) is 0 Å². The molecule has 76 valence electrons. The van der Waals surface area contributed by atoms with E-state index in [-0.39, 0.29) is 0 Å². The highest BCUT2D eigenvalue weighted by Crippen LogP contribution is 2.34. The van der Waals surface area contributed by atoms with Crippen LogP contribution in [-0.2, 0) is 0 Å². The monoisotopic (exact) mass is 190 g/mol. The zero-order valence-electron chi connectivity index (χ0n) is 8.45. The first-order valence-corrected chi connectivity index (χ1v) is 5.39. The number of hydrogen-bond donors (Lipinski definition) is 2. The normalized spacial score (nSPS) is 27.5. The SMILES string of the molecule is Nc1ccccc1[C@H]1CCCC[C@H]1N. The van der Waals surface area contributed by atoms with E-state index in [1.54, 1.807) is 0 Å². The minimum Gasteiger partial charge on any atom is -0.398 e. The number of hydrogen-bond acceptors (Lipinski definition) is 2. The Labute approximate surface area is 85.3 Å². The molecule has 4 N–H and O–H groups in total. The van der Waals surface area contributed by atoms with Crippen molar-refractivity contribution in [2.45, 2.75) is 37.6 Å². The third-order valence-corrected chi connectivity index (χ3v) is 3.21. The number of nitrogens with two attached hydrogens (primary N) is 2. The Bertz CT molecular complexity index is 309. The lowest BCUT2D eigenvalue weighted by molar-refractivity contribution is 0.386. The molecule has 0 radical (unpaired) electrons. The number of para-hydroxylation sites is 1. The molecule has 0 unspecified atom stereocenters. The lowest BCUT2D eigenvalue weighted by Crippen LogP contribution is -2.31. The first-order valence-electron chi connectivity index (χ1n) is 5.39. The van der Waals surface area contributed by atoms with Gasteiger partial charge in [0, 0.05) is 17.6 Å². The van der Waals surface area contributed by atoms with Crippen molar-refractivity contribution in [2.75, 3.05) is 5.73 Å². The third kappa shape index (κ3) is 1.75. The Hall–Kier alpha value is -1.02. The van der Waals surface area contributed by atoms with Gasteiger partial charge in [-0.05, 0) is 24.5 Å². The largest absolute Gasteiger partial charge is 0.398 e. The van der Waals surface area contributed by atoms with Crippen molar-refractivity contribution in [2.24, 2.45) is 5.73 Å². The second kappa shape index (κ2) is 4.01. The molecule has 2 heteroatoms. The van der Waals surface area contributed by atoms with E-state index < -0.39 is 0 Å². The van der Waals surface area contributed by atoms with Gasteiger partial charge in [0.1, 0.15) is 0 Å². The Morgan fingerprint density at radius 2 is 1.79 bits per heavy atom. The van der Waals surface area contributed by atoms with Gasteiger partial charge in [0.15, 0.2) is 0 Å². The number of benzene rings is 1. The van der Waals surface area contributed by atoms with E-state index in [1.165, 1.54) is 24.8 Å². The van der Waals surface area contributed by atoms with Crippen molar-refractivity contribution < 1.29 is 0 Å². The Morgan fingerprint density at radius 1 is 1.07 bits per heavy atom. The van der Waals surface area contributed by atoms with Gasteiger partial charge >= 0.3 is 0 Å². The highest BCUT2D eigenvalue weighted by atomic mass is 14.7. The van der Waals surface area contributed by atoms with Gasteiger partial charge in [-0.15, -0.1) is 0 Å². The molecule has 1 aromatic rings. The molecule has 2 rings (SSSR count). The number of nitrogen functional groups attached to an aromatic ring is 1. The third-order valence-electron chi connectivity index (χ3n) is 3.21. The Balaban J connectivity index is 2.25. The summed E-state index contributed by atoms with van der Waals surface area (Å²) < 4.78 is 0. The van der Waals surface area contributed by atoms with E-state index in [0.717, 1.165) is 12.1 Å². The van der Waals surface area contributed by atoms with Crippen LogP contribution in [0.1, 0.15) is 37.2 Å². The quantitative estimate of drug-likeness (QED) is 0.667. The van der Waals surface area contributed by atoms with Crippen LogP contribution in [0.25, 0.3) is 0 Å². The molecule has 0 spiro atoms. The average molecular weight is 190 g/mol. The summed E-state index contributed by atoms with van der Waals surface area (Å²) in [6, 6.07) is 8.41. The summed E-state index contributed by atoms with van der Waals surface area (Å²) in [7, 11) is 0. The van der Waals surface area contributed by atoms with Crippen LogP contribution in [-0.4, -0.2) is 6.04 Å². The number of anilines is 1. The number of rotatable bonds is 1. The first-order chi connectivity index (χ1) is 6.79. The van der Waals surface area contributed by atoms with Gasteiger partial charge in [-0.25, -0.2) is 0 Å². The van der Waals surface area contributed by atoms with Crippen LogP contribution < -0.4 is 11.5 Å². The molecule has 1 aromatic carbocycles. The summed E-state index contributed by atoms with van der Waals surface area (Å²) in [5, 5.41) is 0. The Morgan fingerprint density at radius 3 is 2.50 bits per heavy atom. The average Bonchev–Trinajstić information content (AvgIpc) is 2.20. The first kappa shape index (κ1) is 9.53. The van der Waals surface area contributed by atoms with Crippen molar-refractivity contribution in [1.29, 1.82) is 0 Å². The standard InChI is InChI=1S/C12H18N2/c13-11-7-3-1-5-9(11)10-6-2-4-8-12(10)14/h1,3,5,7,10,12H,2,4,6,8,13-14H2/t10-,12-/m1/s1. The summed E-state index contributed by atoms with van der Waals surface area (Å²) in [6.45, 7) is 0. The van der Waals surface area contributed by atoms with Crippen LogP contribution in [0.5, 0.6) is 0 Å². The molecule has 0 bridgehead atoms. The molecule has 0 aromatic heterocycles. The molecule has 2 atom stereocenters. The molecule has 1 aliphatic carbocycles. The van der Waals surface area contributed by atoms with Crippen LogP contribution >= 0.6 is 0 Å². The zero-order chi connectivity index (χ0) is 9.97. The van der Waals surface area contributed by atoms with Gasteiger partial charge in [-0.3, -0.25) is 0 Å². The molecule has 1 saturated carbocycles. The molecule has 0 saturated heterocycles. The van der Waals surface area contributed by atoms with Crippen molar-refractivity contribution in [3.63, 3.8) is 0 Å². The van der Waals surface area contributed by atoms with Crippen molar-refractivity contribution >= 4 is 5.69 Å². The van der Waals surface area contributed by atoms with Crippen molar-refractivity contribution in [3.05, 3.63) is 29.8 Å². The molecule has 14 heavy (non-hydrogen) atoms. The summed E-state index contributed by atoms with van der Waals surface area (Å²) >= 11 is 0. The molecule has 0 aliphatic heterocycles. The lowest BCUT2D eigenvalue weighted by Gasteiger charge is -2.29. The zero-order valence-corrected chi connectivity index (χ0v) is 8.45. The summed E-state index contributed by atoms with van der Waals surface area (Å²) in [4.78, 5) is 0. The fourth-order valence-electron chi connectivity index (χ4n) is 2.39. The minimum atomic E-state index is 0.299. The maximum atomic E-state index is 6.12. The second-order valence-corrected chi connectivity index (χ2v) is 4.18. The molecule has 1 fully saturated rings. The predicted molar refractivity (Wildman–Crippen MR) is 60.0 cm³/mol.